The lowest BCUT2D eigenvalue weighted by molar-refractivity contribution is 0.0191. The van der Waals surface area contributed by atoms with Crippen LogP contribution in [0.2, 0.25) is 0 Å². The van der Waals surface area contributed by atoms with Gasteiger partial charge in [0.2, 0.25) is 0 Å². The first-order valence-corrected chi connectivity index (χ1v) is 7.37. The summed E-state index contributed by atoms with van der Waals surface area (Å²) >= 11 is 0. The molecule has 1 fully saturated rings. The first-order valence-electron chi connectivity index (χ1n) is 7.37. The van der Waals surface area contributed by atoms with Crippen LogP contribution in [0.4, 0.5) is 4.79 Å². The molecule has 0 spiro atoms. The number of hydrogen-bond acceptors (Lipinski definition) is 3. The van der Waals surface area contributed by atoms with E-state index in [9.17, 15) is 4.79 Å². The van der Waals surface area contributed by atoms with E-state index in [0.29, 0.717) is 26.3 Å². The van der Waals surface area contributed by atoms with E-state index in [4.69, 9.17) is 9.47 Å². The summed E-state index contributed by atoms with van der Waals surface area (Å²) in [5.74, 6) is 0.889. The summed E-state index contributed by atoms with van der Waals surface area (Å²) in [4.78, 5) is 13.9. The summed E-state index contributed by atoms with van der Waals surface area (Å²) < 4.78 is 10.6. The van der Waals surface area contributed by atoms with Gasteiger partial charge in [-0.05, 0) is 37.5 Å². The summed E-state index contributed by atoms with van der Waals surface area (Å²) in [6.07, 6.45) is 0.793. The Morgan fingerprint density at radius 2 is 2.33 bits per heavy atom. The Hall–Kier alpha value is -1.75. The largest absolute Gasteiger partial charge is 0.496 e. The number of ether oxygens (including phenoxy) is 2. The lowest BCUT2D eigenvalue weighted by atomic mass is 10.1. The van der Waals surface area contributed by atoms with Crippen molar-refractivity contribution in [2.45, 2.75) is 26.3 Å². The first-order chi connectivity index (χ1) is 10.1. The summed E-state index contributed by atoms with van der Waals surface area (Å²) in [5.41, 5.74) is 2.28. The van der Waals surface area contributed by atoms with Gasteiger partial charge in [-0.3, -0.25) is 0 Å². The number of aryl methyl sites for hydroxylation is 1. The average Bonchev–Trinajstić information content (AvgIpc) is 2.49. The minimum absolute atomic E-state index is 0.00937. The van der Waals surface area contributed by atoms with Crippen LogP contribution in [-0.2, 0) is 11.2 Å². The molecule has 1 heterocycles. The molecule has 0 bridgehead atoms. The van der Waals surface area contributed by atoms with Crippen molar-refractivity contribution < 1.29 is 14.3 Å². The fraction of sp³-hybridized carbons (Fsp3) is 0.562. The first kappa shape index (κ1) is 15.6. The van der Waals surface area contributed by atoms with Crippen LogP contribution in [0, 0.1) is 6.92 Å². The predicted molar refractivity (Wildman–Crippen MR) is 81.8 cm³/mol. The highest BCUT2D eigenvalue weighted by molar-refractivity contribution is 5.74. The highest BCUT2D eigenvalue weighted by atomic mass is 16.5. The van der Waals surface area contributed by atoms with E-state index < -0.39 is 0 Å². The number of urea groups is 1. The van der Waals surface area contributed by atoms with E-state index in [0.717, 1.165) is 23.3 Å². The normalized spacial score (nSPS) is 18.4. The number of nitrogens with zero attached hydrogens (tertiary/aromatic N) is 1. The summed E-state index contributed by atoms with van der Waals surface area (Å²) in [6, 6.07) is 6.27. The molecule has 116 valence electrons. The highest BCUT2D eigenvalue weighted by Crippen LogP contribution is 2.19. The maximum absolute atomic E-state index is 12.1. The molecule has 5 nitrogen and oxygen atoms in total. The van der Waals surface area contributed by atoms with Gasteiger partial charge >= 0.3 is 6.03 Å². The quantitative estimate of drug-likeness (QED) is 0.923. The molecule has 0 unspecified atom stereocenters. The minimum Gasteiger partial charge on any atom is -0.496 e. The second-order valence-electron chi connectivity index (χ2n) is 5.40. The van der Waals surface area contributed by atoms with Gasteiger partial charge in [0.25, 0.3) is 0 Å². The van der Waals surface area contributed by atoms with Crippen molar-refractivity contribution >= 4 is 6.03 Å². The zero-order valence-electron chi connectivity index (χ0n) is 13.0. The number of hydrogen-bond donors (Lipinski definition) is 1. The molecule has 0 saturated carbocycles. The van der Waals surface area contributed by atoms with Crippen LogP contribution in [0.1, 0.15) is 18.1 Å². The third-order valence-corrected chi connectivity index (χ3v) is 3.79. The molecule has 1 saturated heterocycles. The Morgan fingerprint density at radius 3 is 3.05 bits per heavy atom. The van der Waals surface area contributed by atoms with E-state index in [1.807, 2.05) is 30.9 Å². The van der Waals surface area contributed by atoms with Gasteiger partial charge in [0.15, 0.2) is 0 Å². The van der Waals surface area contributed by atoms with Gasteiger partial charge in [0, 0.05) is 13.1 Å². The molecule has 1 aliphatic rings. The summed E-state index contributed by atoms with van der Waals surface area (Å²) in [7, 11) is 1.67. The van der Waals surface area contributed by atoms with Crippen molar-refractivity contribution in [3.8, 4) is 5.75 Å². The van der Waals surface area contributed by atoms with Crippen LogP contribution in [-0.4, -0.2) is 50.4 Å². The smallest absolute Gasteiger partial charge is 0.317 e. The number of carbonyl (C=O) groups excluding carboxylic acids is 1. The monoisotopic (exact) mass is 292 g/mol. The number of benzene rings is 1. The molecule has 5 heteroatoms. The van der Waals surface area contributed by atoms with E-state index in [-0.39, 0.29) is 12.1 Å². The molecule has 0 aliphatic carbocycles. The van der Waals surface area contributed by atoms with Gasteiger partial charge in [-0.25, -0.2) is 4.79 Å². The molecule has 0 aromatic heterocycles. The number of nitrogens with one attached hydrogen (secondary N) is 1. The lowest BCUT2D eigenvalue weighted by Crippen LogP contribution is -2.51. The number of rotatable bonds is 4. The van der Waals surface area contributed by atoms with Gasteiger partial charge in [0.05, 0.1) is 26.4 Å². The minimum atomic E-state index is -0.00937. The average molecular weight is 292 g/mol. The summed E-state index contributed by atoms with van der Waals surface area (Å²) in [6.45, 7) is 6.53. The molecule has 21 heavy (non-hydrogen) atoms. The zero-order valence-corrected chi connectivity index (χ0v) is 13.0. The van der Waals surface area contributed by atoms with Crippen LogP contribution in [0.15, 0.2) is 18.2 Å². The maximum Gasteiger partial charge on any atom is 0.317 e. The molecule has 2 amide bonds. The van der Waals surface area contributed by atoms with Crippen LogP contribution >= 0.6 is 0 Å². The molecular formula is C16H24N2O3. The Morgan fingerprint density at radius 1 is 1.52 bits per heavy atom. The van der Waals surface area contributed by atoms with Crippen molar-refractivity contribution in [1.29, 1.82) is 0 Å². The molecule has 1 aromatic carbocycles. The van der Waals surface area contributed by atoms with E-state index in [1.165, 1.54) is 0 Å². The van der Waals surface area contributed by atoms with Gasteiger partial charge < -0.3 is 19.7 Å². The van der Waals surface area contributed by atoms with Crippen molar-refractivity contribution in [2.24, 2.45) is 0 Å². The Labute approximate surface area is 126 Å². The van der Waals surface area contributed by atoms with Crippen molar-refractivity contribution in [3.63, 3.8) is 0 Å². The van der Waals surface area contributed by atoms with Gasteiger partial charge in [-0.15, -0.1) is 0 Å². The molecule has 0 radical (unpaired) electrons. The molecule has 1 N–H and O–H groups in total. The molecule has 1 atom stereocenters. The van der Waals surface area contributed by atoms with Crippen LogP contribution < -0.4 is 10.1 Å². The van der Waals surface area contributed by atoms with Crippen molar-refractivity contribution in [2.75, 3.05) is 33.4 Å². The zero-order chi connectivity index (χ0) is 15.2. The molecule has 1 aromatic rings. The summed E-state index contributed by atoms with van der Waals surface area (Å²) in [5, 5.41) is 2.97. The number of amides is 2. The molecule has 1 aliphatic heterocycles. The van der Waals surface area contributed by atoms with E-state index >= 15 is 0 Å². The number of morpholine rings is 1. The van der Waals surface area contributed by atoms with Gasteiger partial charge in [0.1, 0.15) is 5.75 Å². The maximum atomic E-state index is 12.1. The Kier molecular flexibility index (Phi) is 5.44. The van der Waals surface area contributed by atoms with E-state index in [1.54, 1.807) is 7.11 Å². The van der Waals surface area contributed by atoms with Crippen LogP contribution in [0.25, 0.3) is 0 Å². The van der Waals surface area contributed by atoms with Gasteiger partial charge in [-0.1, -0.05) is 12.1 Å². The van der Waals surface area contributed by atoms with Crippen molar-refractivity contribution in [3.05, 3.63) is 29.3 Å². The second-order valence-corrected chi connectivity index (χ2v) is 5.40. The predicted octanol–water partition coefficient (Wildman–Crippen LogP) is 1.98. The van der Waals surface area contributed by atoms with Crippen LogP contribution in [0.5, 0.6) is 5.75 Å². The Balaban J connectivity index is 1.82. The Bertz CT molecular complexity index is 490. The third kappa shape index (κ3) is 4.11. The SMILES string of the molecule is COc1cc(CCNC(=O)N2CCOC[C@H]2C)ccc1C. The van der Waals surface area contributed by atoms with E-state index in [2.05, 4.69) is 11.4 Å². The van der Waals surface area contributed by atoms with Gasteiger partial charge in [-0.2, -0.15) is 0 Å². The highest BCUT2D eigenvalue weighted by Gasteiger charge is 2.23. The fourth-order valence-electron chi connectivity index (χ4n) is 2.46. The van der Waals surface area contributed by atoms with Crippen LogP contribution in [0.3, 0.4) is 0 Å². The van der Waals surface area contributed by atoms with Crippen molar-refractivity contribution in [1.82, 2.24) is 10.2 Å². The number of methoxy groups -OCH3 is 1. The lowest BCUT2D eigenvalue weighted by Gasteiger charge is -2.33. The topological polar surface area (TPSA) is 50.8 Å². The second kappa shape index (κ2) is 7.31. The molecule has 2 rings (SSSR count). The standard InChI is InChI=1S/C16H24N2O3/c1-12-4-5-14(10-15(12)20-3)6-7-17-16(19)18-8-9-21-11-13(18)2/h4-5,10,13H,6-9,11H2,1-3H3,(H,17,19)/t13-/m1/s1. The fourth-order valence-corrected chi connectivity index (χ4v) is 2.46. The molecular weight excluding hydrogens is 268 g/mol. The third-order valence-electron chi connectivity index (χ3n) is 3.79. The number of carbonyl (C=O) groups is 1.